The van der Waals surface area contributed by atoms with Crippen molar-refractivity contribution >= 4 is 11.6 Å². The number of nitrogens with one attached hydrogen (secondary N) is 2. The maximum absolute atomic E-state index is 12.3. The number of anilines is 1. The molecule has 2 N–H and O–H groups in total. The van der Waals surface area contributed by atoms with E-state index >= 15 is 0 Å². The Labute approximate surface area is 157 Å². The van der Waals surface area contributed by atoms with E-state index in [1.165, 1.54) is 6.07 Å². The van der Waals surface area contributed by atoms with E-state index in [9.17, 15) is 8.78 Å². The number of nitrogens with zero attached hydrogens (tertiary/aromatic N) is 1. The van der Waals surface area contributed by atoms with Crippen LogP contribution in [0.1, 0.15) is 12.5 Å². The number of guanidine groups is 1. The molecule has 0 aliphatic rings. The number of hydrogen-bond donors (Lipinski definition) is 2. The van der Waals surface area contributed by atoms with Gasteiger partial charge >= 0.3 is 6.61 Å². The van der Waals surface area contributed by atoms with Gasteiger partial charge in [-0.1, -0.05) is 12.1 Å². The molecule has 0 aliphatic carbocycles. The summed E-state index contributed by atoms with van der Waals surface area (Å²) >= 11 is 0. The molecule has 0 aromatic heterocycles. The number of methoxy groups -OCH3 is 1. The fourth-order valence-electron chi connectivity index (χ4n) is 2.36. The third-order valence-electron chi connectivity index (χ3n) is 3.53. The van der Waals surface area contributed by atoms with Crippen LogP contribution >= 0.6 is 0 Å². The summed E-state index contributed by atoms with van der Waals surface area (Å²) in [5, 5.41) is 6.27. The molecule has 27 heavy (non-hydrogen) atoms. The highest BCUT2D eigenvalue weighted by molar-refractivity contribution is 5.93. The maximum atomic E-state index is 12.3. The Bertz CT molecular complexity index is 770. The van der Waals surface area contributed by atoms with Crippen LogP contribution in [-0.2, 0) is 6.54 Å². The Morgan fingerprint density at radius 1 is 1.15 bits per heavy atom. The van der Waals surface area contributed by atoms with Crippen molar-refractivity contribution in [3.8, 4) is 17.2 Å². The van der Waals surface area contributed by atoms with Crippen molar-refractivity contribution in [1.29, 1.82) is 0 Å². The van der Waals surface area contributed by atoms with Crippen molar-refractivity contribution in [2.24, 2.45) is 4.99 Å². The van der Waals surface area contributed by atoms with E-state index in [0.717, 1.165) is 11.3 Å². The van der Waals surface area contributed by atoms with Gasteiger partial charge in [-0.15, -0.1) is 0 Å². The van der Waals surface area contributed by atoms with Crippen molar-refractivity contribution in [2.45, 2.75) is 20.1 Å². The highest BCUT2D eigenvalue weighted by atomic mass is 19.3. The monoisotopic (exact) mass is 379 g/mol. The van der Waals surface area contributed by atoms with Gasteiger partial charge in [0, 0.05) is 25.3 Å². The van der Waals surface area contributed by atoms with Gasteiger partial charge in [-0.25, -0.2) is 0 Å². The first-order chi connectivity index (χ1) is 13.0. The molecule has 2 rings (SSSR count). The van der Waals surface area contributed by atoms with Crippen molar-refractivity contribution in [2.75, 3.05) is 26.1 Å². The zero-order valence-corrected chi connectivity index (χ0v) is 15.5. The molecule has 6 nitrogen and oxygen atoms in total. The Balaban J connectivity index is 2.01. The van der Waals surface area contributed by atoms with Crippen molar-refractivity contribution in [3.05, 3.63) is 48.0 Å². The number of alkyl halides is 2. The van der Waals surface area contributed by atoms with Crippen LogP contribution in [0.2, 0.25) is 0 Å². The first-order valence-electron chi connectivity index (χ1n) is 8.38. The molecule has 0 fully saturated rings. The largest absolute Gasteiger partial charge is 0.493 e. The topological polar surface area (TPSA) is 64.1 Å². The number of ether oxygens (including phenoxy) is 3. The van der Waals surface area contributed by atoms with Crippen LogP contribution < -0.4 is 24.8 Å². The fourth-order valence-corrected chi connectivity index (χ4v) is 2.36. The molecule has 0 atom stereocenters. The summed E-state index contributed by atoms with van der Waals surface area (Å²) in [4.78, 5) is 4.16. The highest BCUT2D eigenvalue weighted by Gasteiger charge is 2.08. The lowest BCUT2D eigenvalue weighted by Crippen LogP contribution is -2.30. The quantitative estimate of drug-likeness (QED) is 0.538. The van der Waals surface area contributed by atoms with E-state index in [0.29, 0.717) is 30.6 Å². The maximum Gasteiger partial charge on any atom is 0.387 e. The summed E-state index contributed by atoms with van der Waals surface area (Å²) < 4.78 is 39.9. The minimum absolute atomic E-state index is 0.115. The molecule has 0 heterocycles. The fraction of sp³-hybridized carbons (Fsp3) is 0.316. The van der Waals surface area contributed by atoms with Crippen LogP contribution in [0.3, 0.4) is 0 Å². The number of halogens is 2. The normalized spacial score (nSPS) is 11.3. The average molecular weight is 379 g/mol. The molecule has 0 saturated carbocycles. The second-order valence-corrected chi connectivity index (χ2v) is 5.38. The lowest BCUT2D eigenvalue weighted by atomic mass is 10.2. The minimum Gasteiger partial charge on any atom is -0.493 e. The summed E-state index contributed by atoms with van der Waals surface area (Å²) in [6.07, 6.45) is 0. The standard InChI is InChI=1S/C19H23F2N3O3/c1-4-26-17-11-14(8-9-16(17)25-3)24-19(22-2)23-12-13-6-5-7-15(10-13)27-18(20)21/h5-11,18H,4,12H2,1-3H3,(H2,22,23,24). The second kappa shape index (κ2) is 10.2. The predicted octanol–water partition coefficient (Wildman–Crippen LogP) is 3.88. The molecular formula is C19H23F2N3O3. The van der Waals surface area contributed by atoms with Crippen LogP contribution in [-0.4, -0.2) is 33.3 Å². The van der Waals surface area contributed by atoms with Crippen LogP contribution in [0.25, 0.3) is 0 Å². The number of rotatable bonds is 8. The van der Waals surface area contributed by atoms with E-state index in [1.807, 2.05) is 19.1 Å². The number of aliphatic imine (C=N–C) groups is 1. The average Bonchev–Trinajstić information content (AvgIpc) is 2.65. The van der Waals surface area contributed by atoms with Gasteiger partial charge in [-0.05, 0) is 36.8 Å². The van der Waals surface area contributed by atoms with Crippen LogP contribution in [0.4, 0.5) is 14.5 Å². The molecule has 0 saturated heterocycles. The van der Waals surface area contributed by atoms with Crippen molar-refractivity contribution in [1.82, 2.24) is 5.32 Å². The smallest absolute Gasteiger partial charge is 0.387 e. The van der Waals surface area contributed by atoms with Gasteiger partial charge in [0.05, 0.1) is 13.7 Å². The molecule has 8 heteroatoms. The molecule has 146 valence electrons. The molecule has 0 bridgehead atoms. The van der Waals surface area contributed by atoms with Crippen LogP contribution in [0, 0.1) is 0 Å². The Morgan fingerprint density at radius 3 is 2.63 bits per heavy atom. The van der Waals surface area contributed by atoms with Gasteiger partial charge in [0.15, 0.2) is 17.5 Å². The third kappa shape index (κ3) is 6.32. The number of benzene rings is 2. The molecule has 0 radical (unpaired) electrons. The minimum atomic E-state index is -2.85. The first kappa shape index (κ1) is 20.3. The molecule has 0 unspecified atom stereocenters. The van der Waals surface area contributed by atoms with E-state index in [2.05, 4.69) is 20.4 Å². The molecular weight excluding hydrogens is 356 g/mol. The van der Waals surface area contributed by atoms with Crippen LogP contribution in [0.5, 0.6) is 17.2 Å². The molecule has 0 spiro atoms. The predicted molar refractivity (Wildman–Crippen MR) is 101 cm³/mol. The van der Waals surface area contributed by atoms with Gasteiger partial charge in [-0.2, -0.15) is 8.78 Å². The SMILES string of the molecule is CCOc1cc(NC(=NC)NCc2cccc(OC(F)F)c2)ccc1OC. The zero-order valence-electron chi connectivity index (χ0n) is 15.5. The highest BCUT2D eigenvalue weighted by Crippen LogP contribution is 2.30. The van der Waals surface area contributed by atoms with E-state index in [1.54, 1.807) is 38.4 Å². The van der Waals surface area contributed by atoms with Crippen LogP contribution in [0.15, 0.2) is 47.5 Å². The molecule has 0 amide bonds. The second-order valence-electron chi connectivity index (χ2n) is 5.38. The molecule has 2 aromatic carbocycles. The summed E-state index contributed by atoms with van der Waals surface area (Å²) in [7, 11) is 3.22. The summed E-state index contributed by atoms with van der Waals surface area (Å²) in [6, 6.07) is 11.9. The van der Waals surface area contributed by atoms with Gasteiger partial charge in [-0.3, -0.25) is 4.99 Å². The lowest BCUT2D eigenvalue weighted by molar-refractivity contribution is -0.0498. The number of hydrogen-bond acceptors (Lipinski definition) is 4. The summed E-state index contributed by atoms with van der Waals surface area (Å²) in [5.41, 5.74) is 1.54. The summed E-state index contributed by atoms with van der Waals surface area (Å²) in [6.45, 7) is -0.0538. The zero-order chi connectivity index (χ0) is 19.6. The Hall–Kier alpha value is -3.03. The lowest BCUT2D eigenvalue weighted by Gasteiger charge is -2.15. The van der Waals surface area contributed by atoms with Gasteiger partial charge in [0.25, 0.3) is 0 Å². The molecule has 2 aromatic rings. The van der Waals surface area contributed by atoms with Gasteiger partial charge < -0.3 is 24.8 Å². The van der Waals surface area contributed by atoms with Crippen molar-refractivity contribution < 1.29 is 23.0 Å². The third-order valence-corrected chi connectivity index (χ3v) is 3.53. The Morgan fingerprint density at radius 2 is 1.96 bits per heavy atom. The van der Waals surface area contributed by atoms with E-state index in [-0.39, 0.29) is 5.75 Å². The van der Waals surface area contributed by atoms with E-state index < -0.39 is 6.61 Å². The van der Waals surface area contributed by atoms with Gasteiger partial charge in [0.2, 0.25) is 0 Å². The van der Waals surface area contributed by atoms with Crippen molar-refractivity contribution in [3.63, 3.8) is 0 Å². The summed E-state index contributed by atoms with van der Waals surface area (Å²) in [5.74, 6) is 1.89. The molecule has 0 aliphatic heterocycles. The Kier molecular flexibility index (Phi) is 7.66. The first-order valence-corrected chi connectivity index (χ1v) is 8.38. The van der Waals surface area contributed by atoms with E-state index in [4.69, 9.17) is 9.47 Å². The van der Waals surface area contributed by atoms with Gasteiger partial charge in [0.1, 0.15) is 5.75 Å².